The van der Waals surface area contributed by atoms with Crippen molar-refractivity contribution in [3.63, 3.8) is 0 Å². The number of rotatable bonds is 7. The maximum absolute atomic E-state index is 11.2. The van der Waals surface area contributed by atoms with E-state index in [1.807, 2.05) is 13.8 Å². The summed E-state index contributed by atoms with van der Waals surface area (Å²) in [6.45, 7) is 7.42. The molecule has 0 aromatic carbocycles. The van der Waals surface area contributed by atoms with Crippen molar-refractivity contribution in [3.8, 4) is 0 Å². The molecule has 1 fully saturated rings. The molecule has 0 radical (unpaired) electrons. The molecule has 1 N–H and O–H groups in total. The predicted octanol–water partition coefficient (Wildman–Crippen LogP) is 2.35. The largest absolute Gasteiger partial charge is 0.466 e. The third-order valence-corrected chi connectivity index (χ3v) is 3.82. The van der Waals surface area contributed by atoms with E-state index in [4.69, 9.17) is 4.74 Å². The molecule has 0 saturated carbocycles. The van der Waals surface area contributed by atoms with E-state index in [-0.39, 0.29) is 5.97 Å². The van der Waals surface area contributed by atoms with Gasteiger partial charge in [-0.15, -0.1) is 0 Å². The van der Waals surface area contributed by atoms with Crippen LogP contribution in [0.2, 0.25) is 0 Å². The van der Waals surface area contributed by atoms with E-state index in [9.17, 15) is 9.90 Å². The van der Waals surface area contributed by atoms with Gasteiger partial charge in [0.05, 0.1) is 12.2 Å². The summed E-state index contributed by atoms with van der Waals surface area (Å²) in [7, 11) is 0. The van der Waals surface area contributed by atoms with Crippen LogP contribution in [0.1, 0.15) is 58.8 Å². The summed E-state index contributed by atoms with van der Waals surface area (Å²) in [5.41, 5.74) is -0.474. The topological polar surface area (TPSA) is 49.8 Å². The molecule has 4 nitrogen and oxygen atoms in total. The van der Waals surface area contributed by atoms with Crippen LogP contribution >= 0.6 is 0 Å². The monoisotopic (exact) mass is 271 g/mol. The van der Waals surface area contributed by atoms with Gasteiger partial charge < -0.3 is 14.7 Å². The number of nitrogens with zero attached hydrogens (tertiary/aromatic N) is 1. The normalized spacial score (nSPS) is 25.0. The average Bonchev–Trinajstić information content (AvgIpc) is 2.51. The van der Waals surface area contributed by atoms with Crippen molar-refractivity contribution in [2.75, 3.05) is 26.2 Å². The number of hydrogen-bond donors (Lipinski definition) is 1. The Morgan fingerprint density at radius 3 is 2.79 bits per heavy atom. The minimum atomic E-state index is -0.474. The second kappa shape index (κ2) is 8.54. The van der Waals surface area contributed by atoms with Crippen LogP contribution in [0.3, 0.4) is 0 Å². The van der Waals surface area contributed by atoms with Gasteiger partial charge in [0.1, 0.15) is 0 Å². The van der Waals surface area contributed by atoms with Crippen LogP contribution in [-0.2, 0) is 9.53 Å². The first-order valence-corrected chi connectivity index (χ1v) is 7.64. The van der Waals surface area contributed by atoms with Gasteiger partial charge in [0, 0.05) is 13.0 Å². The van der Waals surface area contributed by atoms with Gasteiger partial charge in [-0.2, -0.15) is 0 Å². The molecule has 0 spiro atoms. The Morgan fingerprint density at radius 1 is 1.26 bits per heavy atom. The van der Waals surface area contributed by atoms with Gasteiger partial charge in [-0.1, -0.05) is 6.42 Å². The summed E-state index contributed by atoms with van der Waals surface area (Å²) >= 11 is 0. The van der Waals surface area contributed by atoms with E-state index >= 15 is 0 Å². The Hall–Kier alpha value is -0.610. The second-order valence-electron chi connectivity index (χ2n) is 5.81. The van der Waals surface area contributed by atoms with Crippen molar-refractivity contribution in [3.05, 3.63) is 0 Å². The van der Waals surface area contributed by atoms with Crippen LogP contribution in [0.5, 0.6) is 0 Å². The van der Waals surface area contributed by atoms with Gasteiger partial charge in [-0.05, 0) is 59.0 Å². The summed E-state index contributed by atoms with van der Waals surface area (Å²) in [5, 5.41) is 10.0. The lowest BCUT2D eigenvalue weighted by Crippen LogP contribution is -2.29. The highest BCUT2D eigenvalue weighted by Gasteiger charge is 2.24. The van der Waals surface area contributed by atoms with Crippen molar-refractivity contribution in [2.45, 2.75) is 64.4 Å². The molecule has 1 aliphatic rings. The quantitative estimate of drug-likeness (QED) is 0.570. The minimum Gasteiger partial charge on any atom is -0.466 e. The summed E-state index contributed by atoms with van der Waals surface area (Å²) in [6, 6.07) is 0. The molecule has 1 atom stereocenters. The van der Waals surface area contributed by atoms with Crippen molar-refractivity contribution < 1.29 is 14.6 Å². The van der Waals surface area contributed by atoms with E-state index in [2.05, 4.69) is 4.90 Å². The molecule has 1 aliphatic heterocycles. The van der Waals surface area contributed by atoms with Gasteiger partial charge in [0.15, 0.2) is 0 Å². The van der Waals surface area contributed by atoms with E-state index in [0.29, 0.717) is 13.0 Å². The van der Waals surface area contributed by atoms with Crippen molar-refractivity contribution in [1.29, 1.82) is 0 Å². The maximum Gasteiger partial charge on any atom is 0.305 e. The number of aliphatic hydroxyl groups is 1. The van der Waals surface area contributed by atoms with Crippen LogP contribution < -0.4 is 0 Å². The molecule has 0 aromatic heterocycles. The summed E-state index contributed by atoms with van der Waals surface area (Å²) in [6.07, 6.45) is 6.53. The fourth-order valence-corrected chi connectivity index (χ4v) is 2.56. The maximum atomic E-state index is 11.2. The van der Waals surface area contributed by atoms with Crippen LogP contribution in [0.25, 0.3) is 0 Å². The first kappa shape index (κ1) is 16.4. The Morgan fingerprint density at radius 2 is 2.05 bits per heavy atom. The zero-order valence-corrected chi connectivity index (χ0v) is 12.5. The van der Waals surface area contributed by atoms with Gasteiger partial charge in [-0.3, -0.25) is 4.79 Å². The van der Waals surface area contributed by atoms with Crippen molar-refractivity contribution >= 4 is 5.97 Å². The summed E-state index contributed by atoms with van der Waals surface area (Å²) < 4.78 is 4.90. The second-order valence-corrected chi connectivity index (χ2v) is 5.81. The molecule has 1 saturated heterocycles. The van der Waals surface area contributed by atoms with Crippen LogP contribution in [-0.4, -0.2) is 47.8 Å². The van der Waals surface area contributed by atoms with E-state index < -0.39 is 5.60 Å². The molecule has 1 rings (SSSR count). The standard InChI is InChI=1S/C15H29NO3/c1-3-19-14(17)8-5-4-6-11-16-12-7-9-15(2,18)10-13-16/h18H,3-13H2,1-2H3. The molecule has 19 heavy (non-hydrogen) atoms. The van der Waals surface area contributed by atoms with Crippen molar-refractivity contribution in [1.82, 2.24) is 4.90 Å². The molecule has 0 aromatic rings. The lowest BCUT2D eigenvalue weighted by molar-refractivity contribution is -0.143. The van der Waals surface area contributed by atoms with Crippen LogP contribution in [0.15, 0.2) is 0 Å². The van der Waals surface area contributed by atoms with Gasteiger partial charge in [0.25, 0.3) is 0 Å². The number of carbonyl (C=O) groups is 1. The zero-order valence-electron chi connectivity index (χ0n) is 12.5. The molecular formula is C15H29NO3. The Kier molecular flexibility index (Phi) is 7.39. The lowest BCUT2D eigenvalue weighted by atomic mass is 9.98. The lowest BCUT2D eigenvalue weighted by Gasteiger charge is -2.22. The third kappa shape index (κ3) is 7.53. The number of carbonyl (C=O) groups excluding carboxylic acids is 1. The van der Waals surface area contributed by atoms with E-state index in [1.54, 1.807) is 0 Å². The molecule has 0 aliphatic carbocycles. The summed E-state index contributed by atoms with van der Waals surface area (Å²) in [5.74, 6) is -0.0756. The number of esters is 1. The number of unbranched alkanes of at least 4 members (excludes halogenated alkanes) is 2. The Labute approximate surface area is 117 Å². The third-order valence-electron chi connectivity index (χ3n) is 3.82. The zero-order chi connectivity index (χ0) is 14.1. The van der Waals surface area contributed by atoms with Crippen molar-refractivity contribution in [2.24, 2.45) is 0 Å². The number of hydrogen-bond acceptors (Lipinski definition) is 4. The SMILES string of the molecule is CCOC(=O)CCCCCN1CCCC(C)(O)CC1. The number of likely N-dealkylation sites (tertiary alicyclic amines) is 1. The molecule has 0 bridgehead atoms. The predicted molar refractivity (Wildman–Crippen MR) is 76.0 cm³/mol. The highest BCUT2D eigenvalue weighted by Crippen LogP contribution is 2.21. The smallest absolute Gasteiger partial charge is 0.305 e. The molecular weight excluding hydrogens is 242 g/mol. The first-order valence-electron chi connectivity index (χ1n) is 7.64. The Balaban J connectivity index is 2.05. The van der Waals surface area contributed by atoms with Gasteiger partial charge in [-0.25, -0.2) is 0 Å². The molecule has 4 heteroatoms. The first-order chi connectivity index (χ1) is 9.03. The number of ether oxygens (including phenoxy) is 1. The van der Waals surface area contributed by atoms with E-state index in [1.165, 1.54) is 0 Å². The summed E-state index contributed by atoms with van der Waals surface area (Å²) in [4.78, 5) is 13.6. The van der Waals surface area contributed by atoms with E-state index in [0.717, 1.165) is 58.2 Å². The fraction of sp³-hybridized carbons (Fsp3) is 0.933. The average molecular weight is 271 g/mol. The Bertz CT molecular complexity index is 266. The molecule has 1 unspecified atom stereocenters. The van der Waals surface area contributed by atoms with Crippen LogP contribution in [0, 0.1) is 0 Å². The molecule has 0 amide bonds. The minimum absolute atomic E-state index is 0.0756. The van der Waals surface area contributed by atoms with Crippen LogP contribution in [0.4, 0.5) is 0 Å². The fourth-order valence-electron chi connectivity index (χ4n) is 2.56. The highest BCUT2D eigenvalue weighted by atomic mass is 16.5. The van der Waals surface area contributed by atoms with Gasteiger partial charge >= 0.3 is 5.97 Å². The molecule has 1 heterocycles. The molecule has 112 valence electrons. The van der Waals surface area contributed by atoms with Gasteiger partial charge in [0.2, 0.25) is 0 Å². The highest BCUT2D eigenvalue weighted by molar-refractivity contribution is 5.69.